The van der Waals surface area contributed by atoms with E-state index in [0.717, 1.165) is 18.4 Å². The second-order valence-electron chi connectivity index (χ2n) is 5.26. The van der Waals surface area contributed by atoms with Gasteiger partial charge in [0.15, 0.2) is 0 Å². The van der Waals surface area contributed by atoms with Crippen LogP contribution < -0.4 is 0 Å². The molecule has 0 fully saturated rings. The van der Waals surface area contributed by atoms with Crippen molar-refractivity contribution in [1.29, 1.82) is 0 Å². The third-order valence-corrected chi connectivity index (χ3v) is 4.41. The zero-order valence-electron chi connectivity index (χ0n) is 10.9. The van der Waals surface area contributed by atoms with Crippen molar-refractivity contribution in [2.45, 2.75) is 32.1 Å². The fourth-order valence-corrected chi connectivity index (χ4v) is 3.56. The summed E-state index contributed by atoms with van der Waals surface area (Å²) in [6, 6.07) is 8.49. The van der Waals surface area contributed by atoms with Crippen molar-refractivity contribution in [3.05, 3.63) is 41.0 Å². The van der Waals surface area contributed by atoms with E-state index in [2.05, 4.69) is 31.2 Å². The Labute approximate surface area is 108 Å². The molecule has 0 radical (unpaired) electrons. The molecule has 0 heterocycles. The normalized spacial score (nSPS) is 25.7. The molecule has 0 saturated heterocycles. The van der Waals surface area contributed by atoms with Crippen molar-refractivity contribution in [1.82, 2.24) is 0 Å². The van der Waals surface area contributed by atoms with Crippen LogP contribution in [0.3, 0.4) is 0 Å². The lowest BCUT2D eigenvalue weighted by Crippen LogP contribution is -2.16. The summed E-state index contributed by atoms with van der Waals surface area (Å²) in [6.07, 6.45) is 3.14. The van der Waals surface area contributed by atoms with E-state index < -0.39 is 0 Å². The number of hydrogen-bond donors (Lipinski definition) is 0. The molecular formula is C16H18O2. The van der Waals surface area contributed by atoms with Gasteiger partial charge < -0.3 is 4.74 Å². The molecule has 0 N–H and O–H groups in total. The van der Waals surface area contributed by atoms with Crippen molar-refractivity contribution < 1.29 is 9.53 Å². The fraction of sp³-hybridized carbons (Fsp3) is 0.438. The van der Waals surface area contributed by atoms with Crippen LogP contribution in [0.1, 0.15) is 43.2 Å². The molecule has 1 aromatic carbocycles. The van der Waals surface area contributed by atoms with Gasteiger partial charge >= 0.3 is 5.97 Å². The Morgan fingerprint density at radius 1 is 1.33 bits per heavy atom. The van der Waals surface area contributed by atoms with Gasteiger partial charge in [0.25, 0.3) is 0 Å². The maximum atomic E-state index is 11.9. The third-order valence-electron chi connectivity index (χ3n) is 4.41. The molecule has 0 saturated carbocycles. The molecule has 2 heteroatoms. The second-order valence-corrected chi connectivity index (χ2v) is 5.26. The van der Waals surface area contributed by atoms with Crippen LogP contribution in [0.5, 0.6) is 0 Å². The van der Waals surface area contributed by atoms with Gasteiger partial charge in [0.05, 0.1) is 7.11 Å². The average molecular weight is 242 g/mol. The lowest BCUT2D eigenvalue weighted by Gasteiger charge is -2.25. The van der Waals surface area contributed by atoms with Gasteiger partial charge in [-0.3, -0.25) is 0 Å². The van der Waals surface area contributed by atoms with Crippen LogP contribution in [0.25, 0.3) is 5.57 Å². The van der Waals surface area contributed by atoms with Crippen LogP contribution in [0.15, 0.2) is 29.8 Å². The van der Waals surface area contributed by atoms with Gasteiger partial charge in [0.1, 0.15) is 0 Å². The molecule has 1 aromatic rings. The van der Waals surface area contributed by atoms with Crippen LogP contribution in [-0.2, 0) is 9.53 Å². The smallest absolute Gasteiger partial charge is 0.334 e. The highest BCUT2D eigenvalue weighted by Gasteiger charge is 2.38. The Hall–Kier alpha value is -1.57. The molecule has 2 atom stereocenters. The molecule has 0 aliphatic heterocycles. The van der Waals surface area contributed by atoms with Gasteiger partial charge in [-0.25, -0.2) is 4.79 Å². The lowest BCUT2D eigenvalue weighted by molar-refractivity contribution is -0.136. The maximum absolute atomic E-state index is 11.9. The average Bonchev–Trinajstić information content (AvgIpc) is 2.72. The highest BCUT2D eigenvalue weighted by atomic mass is 16.5. The Morgan fingerprint density at radius 3 is 2.89 bits per heavy atom. The fourth-order valence-electron chi connectivity index (χ4n) is 3.56. The zero-order chi connectivity index (χ0) is 12.7. The third kappa shape index (κ3) is 1.52. The summed E-state index contributed by atoms with van der Waals surface area (Å²) in [5.41, 5.74) is 4.83. The number of carbonyl (C=O) groups excluding carboxylic acids is 1. The van der Waals surface area contributed by atoms with E-state index in [4.69, 9.17) is 4.74 Å². The molecule has 0 bridgehead atoms. The van der Waals surface area contributed by atoms with E-state index in [1.54, 1.807) is 0 Å². The number of esters is 1. The summed E-state index contributed by atoms with van der Waals surface area (Å²) in [5.74, 6) is 0.889. The highest BCUT2D eigenvalue weighted by molar-refractivity contribution is 6.00. The Bertz CT molecular complexity index is 528. The molecule has 0 spiro atoms. The Kier molecular flexibility index (Phi) is 2.73. The van der Waals surface area contributed by atoms with Gasteiger partial charge in [0.2, 0.25) is 0 Å². The highest BCUT2D eigenvalue weighted by Crippen LogP contribution is 2.52. The number of methoxy groups -OCH3 is 1. The van der Waals surface area contributed by atoms with Gasteiger partial charge in [0, 0.05) is 5.57 Å². The summed E-state index contributed by atoms with van der Waals surface area (Å²) in [4.78, 5) is 11.9. The molecule has 2 nitrogen and oxygen atoms in total. The van der Waals surface area contributed by atoms with Crippen LogP contribution in [0.4, 0.5) is 0 Å². The van der Waals surface area contributed by atoms with Crippen LogP contribution >= 0.6 is 0 Å². The number of carbonyl (C=O) groups is 1. The topological polar surface area (TPSA) is 26.3 Å². The Morgan fingerprint density at radius 2 is 2.11 bits per heavy atom. The summed E-state index contributed by atoms with van der Waals surface area (Å²) >= 11 is 0. The molecule has 2 aliphatic carbocycles. The molecule has 3 rings (SSSR count). The van der Waals surface area contributed by atoms with E-state index in [9.17, 15) is 4.79 Å². The SMILES string of the molecule is COC(=O)C1=C2c3ccccc3[C@@H](C)[C@@H]2CCC1. The summed E-state index contributed by atoms with van der Waals surface area (Å²) in [6.45, 7) is 2.27. The lowest BCUT2D eigenvalue weighted by atomic mass is 9.80. The van der Waals surface area contributed by atoms with E-state index in [1.165, 1.54) is 30.2 Å². The van der Waals surface area contributed by atoms with Crippen molar-refractivity contribution in [2.24, 2.45) is 5.92 Å². The number of fused-ring (bicyclic) bond motifs is 3. The van der Waals surface area contributed by atoms with Crippen molar-refractivity contribution in [3.63, 3.8) is 0 Å². The first-order valence-corrected chi connectivity index (χ1v) is 6.64. The molecular weight excluding hydrogens is 224 g/mol. The first kappa shape index (κ1) is 11.5. The number of benzene rings is 1. The largest absolute Gasteiger partial charge is 0.466 e. The monoisotopic (exact) mass is 242 g/mol. The number of rotatable bonds is 1. The van der Waals surface area contributed by atoms with Gasteiger partial charge in [-0.15, -0.1) is 0 Å². The molecule has 94 valence electrons. The predicted octanol–water partition coefficient (Wildman–Crippen LogP) is 3.53. The number of hydrogen-bond acceptors (Lipinski definition) is 2. The summed E-state index contributed by atoms with van der Waals surface area (Å²) in [5, 5.41) is 0. The predicted molar refractivity (Wildman–Crippen MR) is 71.1 cm³/mol. The first-order valence-electron chi connectivity index (χ1n) is 6.64. The molecule has 18 heavy (non-hydrogen) atoms. The molecule has 2 aliphatic rings. The van der Waals surface area contributed by atoms with E-state index in [0.29, 0.717) is 11.8 Å². The van der Waals surface area contributed by atoms with E-state index in [1.807, 2.05) is 0 Å². The maximum Gasteiger partial charge on any atom is 0.334 e. The second kappa shape index (κ2) is 4.27. The molecule has 0 amide bonds. The van der Waals surface area contributed by atoms with Crippen LogP contribution in [-0.4, -0.2) is 13.1 Å². The summed E-state index contributed by atoms with van der Waals surface area (Å²) < 4.78 is 4.95. The minimum absolute atomic E-state index is 0.140. The van der Waals surface area contributed by atoms with Crippen LogP contribution in [0.2, 0.25) is 0 Å². The quantitative estimate of drug-likeness (QED) is 0.704. The van der Waals surface area contributed by atoms with E-state index in [-0.39, 0.29) is 5.97 Å². The van der Waals surface area contributed by atoms with Gasteiger partial charge in [-0.2, -0.15) is 0 Å². The first-order chi connectivity index (χ1) is 8.74. The zero-order valence-corrected chi connectivity index (χ0v) is 10.9. The Balaban J connectivity index is 2.20. The van der Waals surface area contributed by atoms with Crippen LogP contribution in [0, 0.1) is 5.92 Å². The summed E-state index contributed by atoms with van der Waals surface area (Å²) in [7, 11) is 1.48. The van der Waals surface area contributed by atoms with E-state index >= 15 is 0 Å². The van der Waals surface area contributed by atoms with Crippen molar-refractivity contribution in [2.75, 3.05) is 7.11 Å². The minimum Gasteiger partial charge on any atom is -0.466 e. The van der Waals surface area contributed by atoms with Crippen molar-refractivity contribution in [3.8, 4) is 0 Å². The molecule has 0 unspecified atom stereocenters. The van der Waals surface area contributed by atoms with Gasteiger partial charge in [-0.05, 0) is 47.8 Å². The number of ether oxygens (including phenoxy) is 1. The standard InChI is InChI=1S/C16H18O2/c1-10-11-6-3-4-7-13(11)15-12(10)8-5-9-14(15)16(17)18-2/h3-4,6-7,10,12H,5,8-9H2,1-2H3/t10-,12+/m1/s1. The van der Waals surface area contributed by atoms with Gasteiger partial charge in [-0.1, -0.05) is 31.2 Å². The molecule has 0 aromatic heterocycles. The number of allylic oxidation sites excluding steroid dienone is 1. The minimum atomic E-state index is -0.140. The van der Waals surface area contributed by atoms with Crippen molar-refractivity contribution >= 4 is 11.5 Å².